The zero-order valence-electron chi connectivity index (χ0n) is 6.79. The van der Waals surface area contributed by atoms with E-state index in [4.69, 9.17) is 5.11 Å². The number of phenolic OH excluding ortho intramolecular Hbond substituents is 1. The van der Waals surface area contributed by atoms with E-state index >= 15 is 0 Å². The van der Waals surface area contributed by atoms with Crippen molar-refractivity contribution in [3.63, 3.8) is 0 Å². The second-order valence-corrected chi connectivity index (χ2v) is 3.74. The minimum Gasteiger partial charge on any atom is -0.508 e. The van der Waals surface area contributed by atoms with Gasteiger partial charge in [0.05, 0.1) is 6.10 Å². The highest BCUT2D eigenvalue weighted by molar-refractivity contribution is 9.10. The van der Waals surface area contributed by atoms with Crippen molar-refractivity contribution in [1.82, 2.24) is 0 Å². The molecule has 0 amide bonds. The Hall–Kier alpha value is -0.540. The second-order valence-electron chi connectivity index (χ2n) is 2.83. The molecule has 1 atom stereocenters. The lowest BCUT2D eigenvalue weighted by atomic mass is 10.1. The van der Waals surface area contributed by atoms with Crippen LogP contribution in [-0.2, 0) is 6.42 Å². The predicted molar refractivity (Wildman–Crippen MR) is 51.2 cm³/mol. The molecular formula is C9H11BrO2. The summed E-state index contributed by atoms with van der Waals surface area (Å²) >= 11 is 3.24. The third-order valence-electron chi connectivity index (χ3n) is 1.56. The fourth-order valence-electron chi connectivity index (χ4n) is 1.03. The number of hydrogen-bond donors (Lipinski definition) is 2. The Kier molecular flexibility index (Phi) is 3.12. The Morgan fingerprint density at radius 3 is 2.67 bits per heavy atom. The van der Waals surface area contributed by atoms with Gasteiger partial charge in [0.2, 0.25) is 0 Å². The van der Waals surface area contributed by atoms with Crippen molar-refractivity contribution < 1.29 is 10.2 Å². The van der Waals surface area contributed by atoms with Crippen LogP contribution in [0.4, 0.5) is 0 Å². The molecule has 0 aliphatic carbocycles. The fourth-order valence-corrected chi connectivity index (χ4v) is 1.38. The van der Waals surface area contributed by atoms with E-state index < -0.39 is 6.10 Å². The van der Waals surface area contributed by atoms with Crippen molar-refractivity contribution in [2.24, 2.45) is 0 Å². The number of hydrogen-bond acceptors (Lipinski definition) is 2. The molecule has 1 aromatic rings. The highest BCUT2D eigenvalue weighted by Gasteiger charge is 2.04. The van der Waals surface area contributed by atoms with Crippen molar-refractivity contribution in [2.75, 3.05) is 0 Å². The third kappa shape index (κ3) is 2.50. The number of aliphatic hydroxyl groups is 1. The minimum atomic E-state index is -0.419. The number of aromatic hydroxyl groups is 1. The highest BCUT2D eigenvalue weighted by atomic mass is 79.9. The number of aliphatic hydroxyl groups excluding tert-OH is 1. The third-order valence-corrected chi connectivity index (χ3v) is 2.06. The average Bonchev–Trinajstić information content (AvgIpc) is 1.94. The summed E-state index contributed by atoms with van der Waals surface area (Å²) in [6.45, 7) is 1.70. The standard InChI is InChI=1S/C9H11BrO2/c1-6(11)4-7-2-3-8(10)5-9(7)12/h2-3,5-6,11-12H,4H2,1H3/t6-/m1/s1. The molecule has 12 heavy (non-hydrogen) atoms. The van der Waals surface area contributed by atoms with Gasteiger partial charge in [-0.2, -0.15) is 0 Å². The van der Waals surface area contributed by atoms with Gasteiger partial charge in [-0.25, -0.2) is 0 Å². The van der Waals surface area contributed by atoms with Crippen LogP contribution in [-0.4, -0.2) is 16.3 Å². The van der Waals surface area contributed by atoms with Gasteiger partial charge < -0.3 is 10.2 Å². The van der Waals surface area contributed by atoms with E-state index in [0.29, 0.717) is 6.42 Å². The van der Waals surface area contributed by atoms with Crippen LogP contribution >= 0.6 is 15.9 Å². The molecule has 0 bridgehead atoms. The first-order chi connectivity index (χ1) is 5.59. The lowest BCUT2D eigenvalue weighted by Crippen LogP contribution is -2.03. The van der Waals surface area contributed by atoms with Gasteiger partial charge in [0, 0.05) is 10.9 Å². The van der Waals surface area contributed by atoms with Gasteiger partial charge in [0.25, 0.3) is 0 Å². The smallest absolute Gasteiger partial charge is 0.119 e. The lowest BCUT2D eigenvalue weighted by Gasteiger charge is -2.06. The summed E-state index contributed by atoms with van der Waals surface area (Å²) in [7, 11) is 0. The first-order valence-corrected chi connectivity index (χ1v) is 4.54. The fraction of sp³-hybridized carbons (Fsp3) is 0.333. The molecule has 0 radical (unpaired) electrons. The van der Waals surface area contributed by atoms with Crippen molar-refractivity contribution >= 4 is 15.9 Å². The van der Waals surface area contributed by atoms with E-state index in [-0.39, 0.29) is 5.75 Å². The summed E-state index contributed by atoms with van der Waals surface area (Å²) in [4.78, 5) is 0. The number of rotatable bonds is 2. The van der Waals surface area contributed by atoms with Crippen LogP contribution in [0.2, 0.25) is 0 Å². The molecule has 2 N–H and O–H groups in total. The Morgan fingerprint density at radius 1 is 1.50 bits per heavy atom. The molecule has 2 nitrogen and oxygen atoms in total. The summed E-state index contributed by atoms with van der Waals surface area (Å²) < 4.78 is 0.842. The zero-order chi connectivity index (χ0) is 9.14. The Balaban J connectivity index is 2.86. The van der Waals surface area contributed by atoms with Crippen LogP contribution in [0.1, 0.15) is 12.5 Å². The Bertz CT molecular complexity index is 271. The summed E-state index contributed by atoms with van der Waals surface area (Å²) in [5.74, 6) is 0.227. The van der Waals surface area contributed by atoms with Crippen LogP contribution in [0.25, 0.3) is 0 Å². The molecule has 0 heterocycles. The second kappa shape index (κ2) is 3.92. The van der Waals surface area contributed by atoms with Gasteiger partial charge >= 0.3 is 0 Å². The van der Waals surface area contributed by atoms with E-state index in [9.17, 15) is 5.11 Å². The maximum Gasteiger partial charge on any atom is 0.119 e. The number of benzene rings is 1. The maximum atomic E-state index is 9.40. The Labute approximate surface area is 80.0 Å². The van der Waals surface area contributed by atoms with Crippen LogP contribution in [0, 0.1) is 0 Å². The van der Waals surface area contributed by atoms with Crippen molar-refractivity contribution in [3.05, 3.63) is 28.2 Å². The molecule has 0 unspecified atom stereocenters. The number of halogens is 1. The maximum absolute atomic E-state index is 9.40. The first-order valence-electron chi connectivity index (χ1n) is 3.75. The zero-order valence-corrected chi connectivity index (χ0v) is 8.37. The van der Waals surface area contributed by atoms with Crippen molar-refractivity contribution in [2.45, 2.75) is 19.4 Å². The summed E-state index contributed by atoms with van der Waals surface area (Å²) in [6, 6.07) is 5.27. The Morgan fingerprint density at radius 2 is 2.17 bits per heavy atom. The molecular weight excluding hydrogens is 220 g/mol. The van der Waals surface area contributed by atoms with Gasteiger partial charge in [-0.05, 0) is 24.6 Å². The van der Waals surface area contributed by atoms with E-state index in [1.54, 1.807) is 19.1 Å². The molecule has 3 heteroatoms. The molecule has 1 rings (SSSR count). The first kappa shape index (κ1) is 9.55. The molecule has 0 aliphatic heterocycles. The molecule has 1 aromatic carbocycles. The highest BCUT2D eigenvalue weighted by Crippen LogP contribution is 2.23. The van der Waals surface area contributed by atoms with Crippen molar-refractivity contribution in [3.8, 4) is 5.75 Å². The van der Waals surface area contributed by atoms with Gasteiger partial charge in [0.15, 0.2) is 0 Å². The lowest BCUT2D eigenvalue weighted by molar-refractivity contribution is 0.194. The normalized spacial score (nSPS) is 12.9. The molecule has 0 spiro atoms. The summed E-state index contributed by atoms with van der Waals surface area (Å²) in [5.41, 5.74) is 0.771. The summed E-state index contributed by atoms with van der Waals surface area (Å²) in [5, 5.41) is 18.5. The average molecular weight is 231 g/mol. The summed E-state index contributed by atoms with van der Waals surface area (Å²) in [6.07, 6.45) is 0.0659. The van der Waals surface area contributed by atoms with Crippen LogP contribution in [0.5, 0.6) is 5.75 Å². The molecule has 0 aromatic heterocycles. The molecule has 0 aliphatic rings. The van der Waals surface area contributed by atoms with E-state index in [2.05, 4.69) is 15.9 Å². The number of phenols is 1. The quantitative estimate of drug-likeness (QED) is 0.817. The van der Waals surface area contributed by atoms with E-state index in [1.807, 2.05) is 6.07 Å². The van der Waals surface area contributed by atoms with Gasteiger partial charge in [-0.3, -0.25) is 0 Å². The minimum absolute atomic E-state index is 0.227. The van der Waals surface area contributed by atoms with Crippen molar-refractivity contribution in [1.29, 1.82) is 0 Å². The van der Waals surface area contributed by atoms with Crippen LogP contribution in [0.15, 0.2) is 22.7 Å². The van der Waals surface area contributed by atoms with Crippen LogP contribution < -0.4 is 0 Å². The van der Waals surface area contributed by atoms with Gasteiger partial charge in [-0.15, -0.1) is 0 Å². The molecule has 0 fully saturated rings. The van der Waals surface area contributed by atoms with Gasteiger partial charge in [-0.1, -0.05) is 22.0 Å². The largest absolute Gasteiger partial charge is 0.508 e. The van der Waals surface area contributed by atoms with E-state index in [0.717, 1.165) is 10.0 Å². The molecule has 0 saturated carbocycles. The SMILES string of the molecule is C[C@@H](O)Cc1ccc(Br)cc1O. The molecule has 66 valence electrons. The monoisotopic (exact) mass is 230 g/mol. The van der Waals surface area contributed by atoms with E-state index in [1.165, 1.54) is 0 Å². The van der Waals surface area contributed by atoms with Gasteiger partial charge in [0.1, 0.15) is 5.75 Å². The van der Waals surface area contributed by atoms with Crippen LogP contribution in [0.3, 0.4) is 0 Å². The predicted octanol–water partition coefficient (Wildman–Crippen LogP) is 2.08. The topological polar surface area (TPSA) is 40.5 Å². The molecule has 0 saturated heterocycles.